The van der Waals surface area contributed by atoms with Gasteiger partial charge in [-0.15, -0.1) is 0 Å². The lowest BCUT2D eigenvalue weighted by atomic mass is 9.56. The van der Waals surface area contributed by atoms with E-state index in [4.69, 9.17) is 4.74 Å². The Balaban J connectivity index is 3.32. The van der Waals surface area contributed by atoms with E-state index in [1.54, 1.807) is 0 Å². The van der Waals surface area contributed by atoms with E-state index in [1.807, 2.05) is 34.6 Å². The molecule has 0 saturated carbocycles. The molecule has 1 unspecified atom stereocenters. The van der Waals surface area contributed by atoms with Crippen LogP contribution >= 0.6 is 0 Å². The molecule has 0 amide bonds. The van der Waals surface area contributed by atoms with Crippen LogP contribution < -0.4 is 0 Å². The first-order chi connectivity index (χ1) is 7.59. The Morgan fingerprint density at radius 1 is 1.53 bits per heavy atom. The molecule has 1 aliphatic heterocycles. The van der Waals surface area contributed by atoms with Gasteiger partial charge in [0.15, 0.2) is 5.41 Å². The number of ether oxygens (including phenoxy) is 1. The fourth-order valence-corrected chi connectivity index (χ4v) is 2.29. The maximum Gasteiger partial charge on any atom is 0.327 e. The van der Waals surface area contributed by atoms with Gasteiger partial charge < -0.3 is 4.74 Å². The monoisotopic (exact) mass is 235 g/mol. The summed E-state index contributed by atoms with van der Waals surface area (Å²) in [4.78, 5) is 12.1. The van der Waals surface area contributed by atoms with E-state index in [-0.39, 0.29) is 5.41 Å². The third kappa shape index (κ3) is 1.97. The summed E-state index contributed by atoms with van der Waals surface area (Å²) in [5, 5.41) is 9.54. The summed E-state index contributed by atoms with van der Waals surface area (Å²) in [7, 11) is 0. The minimum absolute atomic E-state index is 0.170. The molecule has 0 radical (unpaired) electrons. The number of allylic oxidation sites excluding steroid dienone is 1. The molecule has 94 valence electrons. The van der Waals surface area contributed by atoms with Gasteiger partial charge in [0.05, 0.1) is 12.7 Å². The number of rotatable bonds is 2. The van der Waals surface area contributed by atoms with Gasteiger partial charge in [0.25, 0.3) is 0 Å². The summed E-state index contributed by atoms with van der Waals surface area (Å²) in [6.45, 7) is 14.0. The number of carbonyl (C=O) groups excluding carboxylic acids is 1. The van der Waals surface area contributed by atoms with E-state index in [0.717, 1.165) is 5.57 Å². The predicted octanol–water partition coefficient (Wildman–Crippen LogP) is 3.07. The highest BCUT2D eigenvalue weighted by atomic mass is 16.5. The third-order valence-corrected chi connectivity index (χ3v) is 4.01. The minimum Gasteiger partial charge on any atom is -0.464 e. The molecule has 0 bridgehead atoms. The summed E-state index contributed by atoms with van der Waals surface area (Å²) in [5.41, 5.74) is -1.05. The SMILES string of the molecule is C=C(C)C(C)(C)C1(C#N)CC(C)(C)COC1=O. The van der Waals surface area contributed by atoms with Crippen LogP contribution in [0.15, 0.2) is 12.2 Å². The van der Waals surface area contributed by atoms with Crippen LogP contribution in [0.25, 0.3) is 0 Å². The topological polar surface area (TPSA) is 50.1 Å². The van der Waals surface area contributed by atoms with Gasteiger partial charge in [-0.1, -0.05) is 39.8 Å². The normalized spacial score (nSPS) is 28.1. The summed E-state index contributed by atoms with van der Waals surface area (Å²) < 4.78 is 5.23. The molecule has 0 aromatic rings. The van der Waals surface area contributed by atoms with Crippen LogP contribution in [-0.2, 0) is 9.53 Å². The standard InChI is InChI=1S/C14H21NO2/c1-10(2)13(5,6)14(8-15)7-12(3,4)9-17-11(14)16/h1,7,9H2,2-6H3. The zero-order valence-electron chi connectivity index (χ0n) is 11.4. The predicted molar refractivity (Wildman–Crippen MR) is 66.0 cm³/mol. The van der Waals surface area contributed by atoms with Crippen LogP contribution in [0.5, 0.6) is 0 Å². The first-order valence-electron chi connectivity index (χ1n) is 5.83. The van der Waals surface area contributed by atoms with E-state index in [2.05, 4.69) is 12.6 Å². The van der Waals surface area contributed by atoms with Gasteiger partial charge in [-0.25, -0.2) is 0 Å². The average molecular weight is 235 g/mol. The Labute approximate surface area is 103 Å². The molecule has 0 aliphatic carbocycles. The Kier molecular flexibility index (Phi) is 3.13. The van der Waals surface area contributed by atoms with E-state index in [9.17, 15) is 10.1 Å². The summed E-state index contributed by atoms with van der Waals surface area (Å²) in [6, 6.07) is 2.21. The molecule has 1 aliphatic rings. The first-order valence-corrected chi connectivity index (χ1v) is 5.83. The van der Waals surface area contributed by atoms with E-state index < -0.39 is 16.8 Å². The van der Waals surface area contributed by atoms with Crippen LogP contribution in [0.2, 0.25) is 0 Å². The molecule has 17 heavy (non-hydrogen) atoms. The van der Waals surface area contributed by atoms with Crippen LogP contribution in [0.1, 0.15) is 41.0 Å². The number of hydrogen-bond donors (Lipinski definition) is 0. The van der Waals surface area contributed by atoms with Crippen LogP contribution in [0.3, 0.4) is 0 Å². The van der Waals surface area contributed by atoms with Crippen molar-refractivity contribution in [1.29, 1.82) is 5.26 Å². The van der Waals surface area contributed by atoms with Gasteiger partial charge in [0.2, 0.25) is 0 Å². The largest absolute Gasteiger partial charge is 0.464 e. The number of carbonyl (C=O) groups is 1. The molecule has 1 heterocycles. The second kappa shape index (κ2) is 3.87. The van der Waals surface area contributed by atoms with Crippen molar-refractivity contribution in [3.8, 4) is 6.07 Å². The number of esters is 1. The van der Waals surface area contributed by atoms with Crippen molar-refractivity contribution < 1.29 is 9.53 Å². The van der Waals surface area contributed by atoms with Gasteiger partial charge >= 0.3 is 5.97 Å². The second-order valence-electron chi connectivity index (χ2n) is 6.34. The van der Waals surface area contributed by atoms with E-state index in [0.29, 0.717) is 13.0 Å². The molecule has 3 nitrogen and oxygen atoms in total. The zero-order chi connectivity index (χ0) is 13.5. The van der Waals surface area contributed by atoms with Crippen molar-refractivity contribution in [3.05, 3.63) is 12.2 Å². The lowest BCUT2D eigenvalue weighted by molar-refractivity contribution is -0.173. The van der Waals surface area contributed by atoms with E-state index >= 15 is 0 Å². The van der Waals surface area contributed by atoms with Crippen LogP contribution in [0.4, 0.5) is 0 Å². The lowest BCUT2D eigenvalue weighted by Gasteiger charge is -2.47. The lowest BCUT2D eigenvalue weighted by Crippen LogP contribution is -2.52. The average Bonchev–Trinajstić information content (AvgIpc) is 2.21. The maximum atomic E-state index is 12.1. The fraction of sp³-hybridized carbons (Fsp3) is 0.714. The zero-order valence-corrected chi connectivity index (χ0v) is 11.4. The molecule has 1 rings (SSSR count). The maximum absolute atomic E-state index is 12.1. The van der Waals surface area contributed by atoms with Crippen molar-refractivity contribution in [2.75, 3.05) is 6.61 Å². The first kappa shape index (κ1) is 13.8. The number of cyclic esters (lactones) is 1. The third-order valence-electron chi connectivity index (χ3n) is 4.01. The van der Waals surface area contributed by atoms with Crippen molar-refractivity contribution in [3.63, 3.8) is 0 Å². The van der Waals surface area contributed by atoms with Gasteiger partial charge in [0, 0.05) is 10.8 Å². The molecule has 0 spiro atoms. The van der Waals surface area contributed by atoms with Gasteiger partial charge in [-0.05, 0) is 13.3 Å². The van der Waals surface area contributed by atoms with Gasteiger partial charge in [-0.2, -0.15) is 5.26 Å². The molecule has 0 aromatic heterocycles. The molecule has 1 fully saturated rings. The Hall–Kier alpha value is -1.30. The smallest absolute Gasteiger partial charge is 0.327 e. The highest BCUT2D eigenvalue weighted by Gasteiger charge is 2.58. The minimum atomic E-state index is -1.12. The molecule has 3 heteroatoms. The second-order valence-corrected chi connectivity index (χ2v) is 6.34. The molecule has 0 N–H and O–H groups in total. The molecule has 1 saturated heterocycles. The highest BCUT2D eigenvalue weighted by molar-refractivity contribution is 5.82. The Bertz CT molecular complexity index is 401. The molecular weight excluding hydrogens is 214 g/mol. The quantitative estimate of drug-likeness (QED) is 0.546. The van der Waals surface area contributed by atoms with Crippen LogP contribution in [-0.4, -0.2) is 12.6 Å². The van der Waals surface area contributed by atoms with Crippen molar-refractivity contribution in [2.24, 2.45) is 16.2 Å². The number of nitriles is 1. The van der Waals surface area contributed by atoms with Gasteiger partial charge in [-0.3, -0.25) is 4.79 Å². The van der Waals surface area contributed by atoms with Crippen molar-refractivity contribution in [1.82, 2.24) is 0 Å². The van der Waals surface area contributed by atoms with Gasteiger partial charge in [0.1, 0.15) is 0 Å². The Morgan fingerprint density at radius 2 is 2.06 bits per heavy atom. The number of nitrogens with zero attached hydrogens (tertiary/aromatic N) is 1. The molecular formula is C14H21NO2. The van der Waals surface area contributed by atoms with E-state index in [1.165, 1.54) is 0 Å². The summed E-state index contributed by atoms with van der Waals surface area (Å²) >= 11 is 0. The Morgan fingerprint density at radius 3 is 2.47 bits per heavy atom. The van der Waals surface area contributed by atoms with Crippen molar-refractivity contribution >= 4 is 5.97 Å². The summed E-state index contributed by atoms with van der Waals surface area (Å²) in [6.07, 6.45) is 0.509. The summed E-state index contributed by atoms with van der Waals surface area (Å²) in [5.74, 6) is -0.410. The fourth-order valence-electron chi connectivity index (χ4n) is 2.29. The molecule has 1 atom stereocenters. The molecule has 0 aromatic carbocycles. The van der Waals surface area contributed by atoms with Crippen molar-refractivity contribution in [2.45, 2.75) is 41.0 Å². The highest BCUT2D eigenvalue weighted by Crippen LogP contribution is 2.53. The number of hydrogen-bond acceptors (Lipinski definition) is 3. The van der Waals surface area contributed by atoms with Crippen LogP contribution in [0, 0.1) is 27.6 Å².